The molecule has 2 heterocycles. The summed E-state index contributed by atoms with van der Waals surface area (Å²) in [5.41, 5.74) is 1.30. The molecule has 4 nitrogen and oxygen atoms in total. The monoisotopic (exact) mass is 329 g/mol. The van der Waals surface area contributed by atoms with Crippen molar-refractivity contribution in [2.45, 2.75) is 71.3 Å². The Bertz CT molecular complexity index is 539. The Morgan fingerprint density at radius 2 is 1.62 bits per heavy atom. The first kappa shape index (κ1) is 17.5. The van der Waals surface area contributed by atoms with Crippen LogP contribution in [0.25, 0.3) is 0 Å². The van der Waals surface area contributed by atoms with E-state index in [4.69, 9.17) is 0 Å². The van der Waals surface area contributed by atoms with Gasteiger partial charge in [0.05, 0.1) is 0 Å². The molecule has 1 aromatic rings. The van der Waals surface area contributed by atoms with Gasteiger partial charge >= 0.3 is 0 Å². The molecule has 132 valence electrons. The maximum atomic E-state index is 12.2. The predicted octanol–water partition coefficient (Wildman–Crippen LogP) is 3.75. The van der Waals surface area contributed by atoms with Gasteiger partial charge in [0.1, 0.15) is 11.6 Å². The van der Waals surface area contributed by atoms with Crippen molar-refractivity contribution in [2.75, 3.05) is 13.1 Å². The maximum Gasteiger partial charge on any atom is 0.138 e. The second-order valence-corrected chi connectivity index (χ2v) is 7.94. The Balaban J connectivity index is 1.47. The second kappa shape index (κ2) is 7.73. The first-order chi connectivity index (χ1) is 11.5. The van der Waals surface area contributed by atoms with E-state index in [-0.39, 0.29) is 5.92 Å². The summed E-state index contributed by atoms with van der Waals surface area (Å²) in [5.74, 6) is 2.46. The van der Waals surface area contributed by atoms with Crippen LogP contribution >= 0.6 is 0 Å². The van der Waals surface area contributed by atoms with Crippen LogP contribution in [0.15, 0.2) is 12.4 Å². The zero-order valence-electron chi connectivity index (χ0n) is 15.4. The van der Waals surface area contributed by atoms with Crippen LogP contribution in [0.2, 0.25) is 0 Å². The van der Waals surface area contributed by atoms with Crippen molar-refractivity contribution in [1.29, 1.82) is 0 Å². The summed E-state index contributed by atoms with van der Waals surface area (Å²) in [4.78, 5) is 23.5. The molecule has 2 fully saturated rings. The standard InChI is InChI=1S/C20H31N3O/c1-14(2)20(24)17-4-6-19(7-5-17)23-10-8-16(9-11-23)18-12-21-15(3)22-13-18/h12-14,16-17,19H,4-11H2,1-3H3/t17-,19+. The lowest BCUT2D eigenvalue weighted by atomic mass is 9.79. The number of aryl methyl sites for hydroxylation is 1. The van der Waals surface area contributed by atoms with Crippen molar-refractivity contribution in [3.8, 4) is 0 Å². The number of nitrogens with zero attached hydrogens (tertiary/aromatic N) is 3. The Morgan fingerprint density at radius 1 is 1.04 bits per heavy atom. The van der Waals surface area contributed by atoms with E-state index in [1.54, 1.807) is 0 Å². The molecule has 0 atom stereocenters. The minimum atomic E-state index is 0.194. The Labute approximate surface area is 146 Å². The third-order valence-corrected chi connectivity index (χ3v) is 5.99. The SMILES string of the molecule is Cc1ncc(C2CCN([C@H]3CC[C@@H](C(=O)C(C)C)CC3)CC2)cn1. The fourth-order valence-electron chi connectivity index (χ4n) is 4.41. The number of likely N-dealkylation sites (tertiary alicyclic amines) is 1. The van der Waals surface area contributed by atoms with E-state index in [1.807, 2.05) is 33.2 Å². The Hall–Kier alpha value is -1.29. The highest BCUT2D eigenvalue weighted by molar-refractivity contribution is 5.82. The van der Waals surface area contributed by atoms with Crippen molar-refractivity contribution in [3.05, 3.63) is 23.8 Å². The quantitative estimate of drug-likeness (QED) is 0.844. The number of aromatic nitrogens is 2. The van der Waals surface area contributed by atoms with Crippen molar-refractivity contribution in [3.63, 3.8) is 0 Å². The van der Waals surface area contributed by atoms with Gasteiger partial charge in [0.25, 0.3) is 0 Å². The first-order valence-corrected chi connectivity index (χ1v) is 9.61. The average molecular weight is 329 g/mol. The van der Waals surface area contributed by atoms with Crippen molar-refractivity contribution < 1.29 is 4.79 Å². The van der Waals surface area contributed by atoms with Crippen LogP contribution in [0.4, 0.5) is 0 Å². The third-order valence-electron chi connectivity index (χ3n) is 5.99. The smallest absolute Gasteiger partial charge is 0.138 e. The van der Waals surface area contributed by atoms with Gasteiger partial charge in [-0.3, -0.25) is 4.79 Å². The summed E-state index contributed by atoms with van der Waals surface area (Å²) in [6, 6.07) is 0.691. The number of hydrogen-bond acceptors (Lipinski definition) is 4. The van der Waals surface area contributed by atoms with E-state index >= 15 is 0 Å². The molecule has 0 radical (unpaired) electrons. The van der Waals surface area contributed by atoms with Crippen LogP contribution in [0, 0.1) is 18.8 Å². The number of hydrogen-bond donors (Lipinski definition) is 0. The van der Waals surface area contributed by atoms with Crippen LogP contribution in [0.3, 0.4) is 0 Å². The molecule has 0 amide bonds. The molecule has 0 spiro atoms. The van der Waals surface area contributed by atoms with Crippen LogP contribution in [-0.2, 0) is 4.79 Å². The molecule has 2 aliphatic rings. The predicted molar refractivity (Wildman–Crippen MR) is 95.9 cm³/mol. The van der Waals surface area contributed by atoms with Gasteiger partial charge in [-0.25, -0.2) is 9.97 Å². The lowest BCUT2D eigenvalue weighted by Crippen LogP contribution is -2.43. The van der Waals surface area contributed by atoms with Crippen molar-refractivity contribution >= 4 is 5.78 Å². The Morgan fingerprint density at radius 3 is 2.17 bits per heavy atom. The molecule has 0 bridgehead atoms. The lowest BCUT2D eigenvalue weighted by Gasteiger charge is -2.40. The van der Waals surface area contributed by atoms with Crippen LogP contribution in [-0.4, -0.2) is 39.8 Å². The molecule has 1 aromatic heterocycles. The van der Waals surface area contributed by atoms with Crippen molar-refractivity contribution in [1.82, 2.24) is 14.9 Å². The van der Waals surface area contributed by atoms with E-state index in [0.29, 0.717) is 23.7 Å². The van der Waals surface area contributed by atoms with Crippen LogP contribution in [0.1, 0.15) is 69.7 Å². The molecule has 4 heteroatoms. The van der Waals surface area contributed by atoms with E-state index in [1.165, 1.54) is 44.3 Å². The molecule has 1 aliphatic heterocycles. The van der Waals surface area contributed by atoms with Crippen LogP contribution < -0.4 is 0 Å². The van der Waals surface area contributed by atoms with Gasteiger partial charge < -0.3 is 4.90 Å². The number of piperidine rings is 1. The minimum absolute atomic E-state index is 0.194. The number of Topliss-reactive ketones (excluding diaryl/α,β-unsaturated/α-hetero) is 1. The zero-order chi connectivity index (χ0) is 17.1. The molecule has 0 aromatic carbocycles. The lowest BCUT2D eigenvalue weighted by molar-refractivity contribution is -0.127. The molecule has 0 N–H and O–H groups in total. The molecule has 24 heavy (non-hydrogen) atoms. The summed E-state index contributed by atoms with van der Waals surface area (Å²) in [6.07, 6.45) is 11.0. The second-order valence-electron chi connectivity index (χ2n) is 7.94. The highest BCUT2D eigenvalue weighted by Gasteiger charge is 2.32. The van der Waals surface area contributed by atoms with Crippen molar-refractivity contribution in [2.24, 2.45) is 11.8 Å². The summed E-state index contributed by atoms with van der Waals surface area (Å²) in [5, 5.41) is 0. The number of rotatable bonds is 4. The fourth-order valence-corrected chi connectivity index (χ4v) is 4.41. The molecule has 3 rings (SSSR count). The molecule has 1 aliphatic carbocycles. The Kier molecular flexibility index (Phi) is 5.65. The maximum absolute atomic E-state index is 12.2. The van der Waals surface area contributed by atoms with Crippen LogP contribution in [0.5, 0.6) is 0 Å². The summed E-state index contributed by atoms with van der Waals surface area (Å²) >= 11 is 0. The number of carbonyl (C=O) groups is 1. The van der Waals surface area contributed by atoms with Gasteiger partial charge in [-0.05, 0) is 70.0 Å². The van der Waals surface area contributed by atoms with Gasteiger partial charge in [0.15, 0.2) is 0 Å². The molecular weight excluding hydrogens is 298 g/mol. The zero-order valence-corrected chi connectivity index (χ0v) is 15.4. The summed E-state index contributed by atoms with van der Waals surface area (Å²) < 4.78 is 0. The summed E-state index contributed by atoms with van der Waals surface area (Å²) in [6.45, 7) is 8.35. The van der Waals surface area contributed by atoms with Gasteiger partial charge in [-0.2, -0.15) is 0 Å². The van der Waals surface area contributed by atoms with E-state index in [0.717, 1.165) is 18.7 Å². The molecular formula is C20H31N3O. The number of carbonyl (C=O) groups excluding carboxylic acids is 1. The van der Waals surface area contributed by atoms with Gasteiger partial charge in [-0.15, -0.1) is 0 Å². The van der Waals surface area contributed by atoms with E-state index in [2.05, 4.69) is 14.9 Å². The summed E-state index contributed by atoms with van der Waals surface area (Å²) in [7, 11) is 0. The highest BCUT2D eigenvalue weighted by atomic mass is 16.1. The topological polar surface area (TPSA) is 46.1 Å². The average Bonchev–Trinajstić information content (AvgIpc) is 2.62. The first-order valence-electron chi connectivity index (χ1n) is 9.61. The molecule has 1 saturated heterocycles. The molecule has 0 unspecified atom stereocenters. The van der Waals surface area contributed by atoms with Gasteiger partial charge in [-0.1, -0.05) is 13.8 Å². The normalized spacial score (nSPS) is 26.7. The van der Waals surface area contributed by atoms with Gasteiger partial charge in [0.2, 0.25) is 0 Å². The largest absolute Gasteiger partial charge is 0.300 e. The van der Waals surface area contributed by atoms with E-state index < -0.39 is 0 Å². The van der Waals surface area contributed by atoms with E-state index in [9.17, 15) is 4.79 Å². The fraction of sp³-hybridized carbons (Fsp3) is 0.750. The highest BCUT2D eigenvalue weighted by Crippen LogP contribution is 2.34. The van der Waals surface area contributed by atoms with Gasteiger partial charge in [0, 0.05) is 30.3 Å². The third kappa shape index (κ3) is 4.02. The molecule has 1 saturated carbocycles. The number of ketones is 1. The minimum Gasteiger partial charge on any atom is -0.300 e.